The normalized spacial score (nSPS) is 19.7. The van der Waals surface area contributed by atoms with Crippen molar-refractivity contribution >= 4 is 22.9 Å². The first-order valence-electron chi connectivity index (χ1n) is 15.0. The van der Waals surface area contributed by atoms with Gasteiger partial charge >= 0.3 is 0 Å². The predicted octanol–water partition coefficient (Wildman–Crippen LogP) is 5.26. The van der Waals surface area contributed by atoms with Gasteiger partial charge in [-0.05, 0) is 28.8 Å². The summed E-state index contributed by atoms with van der Waals surface area (Å²) < 4.78 is 23.5. The summed E-state index contributed by atoms with van der Waals surface area (Å²) in [5.74, 6) is -0.181. The van der Waals surface area contributed by atoms with Crippen molar-refractivity contribution in [2.45, 2.75) is 30.1 Å². The predicted molar refractivity (Wildman–Crippen MR) is 172 cm³/mol. The average molecular weight is 615 g/mol. The molecule has 3 heterocycles. The fraction of sp³-hybridized carbons (Fsp3) is 0.167. The van der Waals surface area contributed by atoms with Gasteiger partial charge in [-0.15, -0.1) is 0 Å². The Morgan fingerprint density at radius 2 is 1.35 bits per heavy atom. The molecular formula is C36H31FN6O3. The number of anilines is 1. The van der Waals surface area contributed by atoms with E-state index in [0.717, 1.165) is 16.7 Å². The molecule has 0 bridgehead atoms. The van der Waals surface area contributed by atoms with Gasteiger partial charge in [-0.1, -0.05) is 109 Å². The van der Waals surface area contributed by atoms with E-state index in [9.17, 15) is 9.90 Å². The van der Waals surface area contributed by atoms with Gasteiger partial charge in [0, 0.05) is 12.1 Å². The number of alkyl halides is 1. The molecule has 0 spiro atoms. The molecule has 230 valence electrons. The maximum Gasteiger partial charge on any atom is 0.256 e. The summed E-state index contributed by atoms with van der Waals surface area (Å²) in [6.07, 6.45) is -2.67. The van der Waals surface area contributed by atoms with Crippen molar-refractivity contribution in [3.05, 3.63) is 156 Å². The number of aliphatic hydroxyl groups excluding tert-OH is 1. The maximum absolute atomic E-state index is 15.9. The highest BCUT2D eigenvalue weighted by molar-refractivity contribution is 6.06. The number of aromatic nitrogens is 4. The Hall–Kier alpha value is -5.29. The van der Waals surface area contributed by atoms with Crippen LogP contribution in [0, 0.1) is 0 Å². The number of amides is 1. The van der Waals surface area contributed by atoms with Gasteiger partial charge in [-0.25, -0.2) is 19.3 Å². The summed E-state index contributed by atoms with van der Waals surface area (Å²) in [5, 5.41) is 17.6. The Kier molecular flexibility index (Phi) is 8.06. The van der Waals surface area contributed by atoms with Gasteiger partial charge in [-0.3, -0.25) is 14.7 Å². The molecule has 0 unspecified atom stereocenters. The molecule has 0 radical (unpaired) electrons. The number of fused-ring (bicyclic) bond motifs is 1. The van der Waals surface area contributed by atoms with Crippen LogP contribution in [-0.4, -0.2) is 55.5 Å². The number of rotatable bonds is 9. The van der Waals surface area contributed by atoms with Crippen LogP contribution in [0.5, 0.6) is 0 Å². The van der Waals surface area contributed by atoms with E-state index >= 15 is 4.39 Å². The van der Waals surface area contributed by atoms with Crippen molar-refractivity contribution in [3.63, 3.8) is 0 Å². The molecular weight excluding hydrogens is 583 g/mol. The first-order chi connectivity index (χ1) is 22.6. The van der Waals surface area contributed by atoms with Gasteiger partial charge in [0.2, 0.25) is 0 Å². The smallest absolute Gasteiger partial charge is 0.256 e. The third-order valence-electron chi connectivity index (χ3n) is 8.38. The molecule has 10 heteroatoms. The first-order valence-corrected chi connectivity index (χ1v) is 15.0. The van der Waals surface area contributed by atoms with Crippen LogP contribution in [0.25, 0.3) is 11.2 Å². The van der Waals surface area contributed by atoms with Crippen molar-refractivity contribution in [1.82, 2.24) is 24.8 Å². The minimum absolute atomic E-state index is 0.122. The van der Waals surface area contributed by atoms with Crippen LogP contribution in [-0.2, 0) is 10.3 Å². The number of carbonyl (C=O) groups is 1. The second kappa shape index (κ2) is 12.6. The number of benzene rings is 4. The van der Waals surface area contributed by atoms with Crippen LogP contribution in [0.15, 0.2) is 134 Å². The fourth-order valence-corrected chi connectivity index (χ4v) is 6.12. The highest BCUT2D eigenvalue weighted by atomic mass is 19.1. The van der Waals surface area contributed by atoms with E-state index < -0.39 is 30.1 Å². The molecule has 4 atom stereocenters. The lowest BCUT2D eigenvalue weighted by atomic mass is 9.77. The van der Waals surface area contributed by atoms with Gasteiger partial charge < -0.3 is 15.2 Å². The summed E-state index contributed by atoms with van der Waals surface area (Å²) >= 11 is 0. The molecule has 1 aliphatic rings. The van der Waals surface area contributed by atoms with Crippen LogP contribution in [0.3, 0.4) is 0 Å². The summed E-state index contributed by atoms with van der Waals surface area (Å²) in [7, 11) is 0. The largest absolute Gasteiger partial charge is 0.387 e. The topological polar surface area (TPSA) is 114 Å². The first kappa shape index (κ1) is 29.4. The lowest BCUT2D eigenvalue weighted by molar-refractivity contribution is -0.0233. The highest BCUT2D eigenvalue weighted by Crippen LogP contribution is 2.39. The molecule has 0 aliphatic carbocycles. The summed E-state index contributed by atoms with van der Waals surface area (Å²) in [6.45, 7) is 0.122. The molecule has 9 nitrogen and oxygen atoms in total. The standard InChI is InChI=1S/C36H31FN6O3/c37-29-31(44)28(21-41-36(25-15-7-2-8-16-25,26-17-9-3-10-18-26)27-19-11-4-12-20-27)46-35(29)43-23-40-30-32(38-22-39-33(30)43)42-34(45)24-13-5-1-6-14-24/h1-20,22-23,28-29,31,35,41,44H,21H2,(H,38,39,42,45)/t28-,29-,31-,35+/m1/s1. The Morgan fingerprint density at radius 3 is 1.91 bits per heavy atom. The zero-order chi connectivity index (χ0) is 31.5. The Balaban J connectivity index is 1.18. The number of nitrogens with one attached hydrogen (secondary N) is 2. The SMILES string of the molecule is O=C(Nc1ncnc2c1ncn2[C@H]1O[C@H](CNC(c2ccccc2)(c2ccccc2)c2ccccc2)[C@@H](O)[C@H]1F)c1ccccc1. The second-order valence-corrected chi connectivity index (χ2v) is 11.1. The highest BCUT2D eigenvalue weighted by Gasteiger charge is 2.47. The molecule has 4 aromatic carbocycles. The third-order valence-corrected chi connectivity index (χ3v) is 8.38. The van der Waals surface area contributed by atoms with E-state index in [4.69, 9.17) is 4.74 Å². The van der Waals surface area contributed by atoms with E-state index in [-0.39, 0.29) is 29.4 Å². The maximum atomic E-state index is 15.9. The molecule has 1 aliphatic heterocycles. The van der Waals surface area contributed by atoms with Crippen molar-refractivity contribution < 1.29 is 19.0 Å². The van der Waals surface area contributed by atoms with Crippen molar-refractivity contribution in [1.29, 1.82) is 0 Å². The van der Waals surface area contributed by atoms with E-state index in [1.807, 2.05) is 97.1 Å². The van der Waals surface area contributed by atoms with Crippen molar-refractivity contribution in [2.24, 2.45) is 0 Å². The minimum Gasteiger partial charge on any atom is -0.387 e. The van der Waals surface area contributed by atoms with Crippen molar-refractivity contribution in [2.75, 3.05) is 11.9 Å². The summed E-state index contributed by atoms with van der Waals surface area (Å²) in [4.78, 5) is 25.7. The lowest BCUT2D eigenvalue weighted by Gasteiger charge is -2.38. The molecule has 1 fully saturated rings. The second-order valence-electron chi connectivity index (χ2n) is 11.1. The number of halogens is 1. The number of imidazole rings is 1. The number of carbonyl (C=O) groups excluding carboxylic acids is 1. The molecule has 6 aromatic rings. The van der Waals surface area contributed by atoms with Crippen LogP contribution < -0.4 is 10.6 Å². The molecule has 2 aromatic heterocycles. The van der Waals surface area contributed by atoms with Gasteiger partial charge in [0.15, 0.2) is 29.4 Å². The number of nitrogens with zero attached hydrogens (tertiary/aromatic N) is 4. The van der Waals surface area contributed by atoms with E-state index in [1.54, 1.807) is 24.3 Å². The lowest BCUT2D eigenvalue weighted by Crippen LogP contribution is -2.49. The molecule has 1 amide bonds. The summed E-state index contributed by atoms with van der Waals surface area (Å²) in [5.41, 5.74) is 3.11. The van der Waals surface area contributed by atoms with Gasteiger partial charge in [-0.2, -0.15) is 0 Å². The molecule has 46 heavy (non-hydrogen) atoms. The number of hydrogen-bond donors (Lipinski definition) is 3. The Bertz CT molecular complexity index is 1830. The van der Waals surface area contributed by atoms with Gasteiger partial charge in [0.1, 0.15) is 18.5 Å². The Labute approximate surface area is 264 Å². The molecule has 3 N–H and O–H groups in total. The number of aliphatic hydroxyl groups is 1. The number of hydrogen-bond acceptors (Lipinski definition) is 7. The number of ether oxygens (including phenoxy) is 1. The van der Waals surface area contributed by atoms with Gasteiger partial charge in [0.25, 0.3) is 5.91 Å². The van der Waals surface area contributed by atoms with Crippen molar-refractivity contribution in [3.8, 4) is 0 Å². The molecule has 7 rings (SSSR count). The fourth-order valence-electron chi connectivity index (χ4n) is 6.12. The van der Waals surface area contributed by atoms with E-state index in [0.29, 0.717) is 5.56 Å². The van der Waals surface area contributed by atoms with Gasteiger partial charge in [0.05, 0.1) is 11.9 Å². The molecule has 1 saturated heterocycles. The van der Waals surface area contributed by atoms with E-state index in [2.05, 4.69) is 25.6 Å². The van der Waals surface area contributed by atoms with Crippen LogP contribution in [0.4, 0.5) is 10.2 Å². The third kappa shape index (κ3) is 5.32. The monoisotopic (exact) mass is 614 g/mol. The van der Waals surface area contributed by atoms with Crippen LogP contribution >= 0.6 is 0 Å². The Morgan fingerprint density at radius 1 is 0.804 bits per heavy atom. The zero-order valence-corrected chi connectivity index (χ0v) is 24.6. The van der Waals surface area contributed by atoms with Crippen LogP contribution in [0.1, 0.15) is 33.3 Å². The summed E-state index contributed by atoms with van der Waals surface area (Å²) in [6, 6.07) is 38.8. The molecule has 0 saturated carbocycles. The minimum atomic E-state index is -1.78. The van der Waals surface area contributed by atoms with Crippen LogP contribution in [0.2, 0.25) is 0 Å². The quantitative estimate of drug-likeness (QED) is 0.191. The zero-order valence-electron chi connectivity index (χ0n) is 24.6. The average Bonchev–Trinajstić information content (AvgIpc) is 3.67. The van der Waals surface area contributed by atoms with E-state index in [1.165, 1.54) is 17.2 Å².